The first-order valence-electron chi connectivity index (χ1n) is 5.51. The van der Waals surface area contributed by atoms with Gasteiger partial charge in [0.05, 0.1) is 0 Å². The summed E-state index contributed by atoms with van der Waals surface area (Å²) in [7, 11) is 0. The van der Waals surface area contributed by atoms with Crippen LogP contribution in [-0.2, 0) is 6.42 Å². The van der Waals surface area contributed by atoms with Crippen molar-refractivity contribution in [2.24, 2.45) is 0 Å². The molecular formula is C12H13ClN4. The molecule has 2 aromatic rings. The van der Waals surface area contributed by atoms with Crippen molar-refractivity contribution in [3.05, 3.63) is 34.9 Å². The SMILES string of the molecule is CCCc1cc(Cl)nc(-c2ncc(C)cn2)n1. The van der Waals surface area contributed by atoms with Gasteiger partial charge in [-0.1, -0.05) is 24.9 Å². The molecule has 0 fully saturated rings. The predicted octanol–water partition coefficient (Wildman–Crippen LogP) is 2.85. The third kappa shape index (κ3) is 2.97. The number of hydrogen-bond acceptors (Lipinski definition) is 4. The van der Waals surface area contributed by atoms with Crippen molar-refractivity contribution in [1.82, 2.24) is 19.9 Å². The lowest BCUT2D eigenvalue weighted by molar-refractivity contribution is 0.871. The third-order valence-electron chi connectivity index (χ3n) is 2.24. The number of nitrogens with zero attached hydrogens (tertiary/aromatic N) is 4. The fourth-order valence-electron chi connectivity index (χ4n) is 1.46. The lowest BCUT2D eigenvalue weighted by Gasteiger charge is -2.03. The normalized spacial score (nSPS) is 10.5. The lowest BCUT2D eigenvalue weighted by Crippen LogP contribution is -1.99. The van der Waals surface area contributed by atoms with Crippen molar-refractivity contribution in [3.63, 3.8) is 0 Å². The van der Waals surface area contributed by atoms with E-state index in [4.69, 9.17) is 11.6 Å². The fraction of sp³-hybridized carbons (Fsp3) is 0.333. The highest BCUT2D eigenvalue weighted by Crippen LogP contribution is 2.15. The van der Waals surface area contributed by atoms with Gasteiger partial charge in [0.25, 0.3) is 0 Å². The van der Waals surface area contributed by atoms with E-state index in [0.717, 1.165) is 24.1 Å². The Hall–Kier alpha value is -1.55. The topological polar surface area (TPSA) is 51.6 Å². The fourth-order valence-corrected chi connectivity index (χ4v) is 1.66. The average molecular weight is 249 g/mol. The number of aromatic nitrogens is 4. The molecule has 0 N–H and O–H groups in total. The molecule has 0 aliphatic carbocycles. The van der Waals surface area contributed by atoms with Gasteiger partial charge in [-0.3, -0.25) is 0 Å². The molecule has 4 nitrogen and oxygen atoms in total. The molecule has 0 bridgehead atoms. The zero-order chi connectivity index (χ0) is 12.3. The minimum Gasteiger partial charge on any atom is -0.234 e. The highest BCUT2D eigenvalue weighted by molar-refractivity contribution is 6.29. The summed E-state index contributed by atoms with van der Waals surface area (Å²) in [6.45, 7) is 4.03. The molecule has 0 aliphatic rings. The average Bonchev–Trinajstić information content (AvgIpc) is 2.29. The van der Waals surface area contributed by atoms with E-state index in [2.05, 4.69) is 26.9 Å². The van der Waals surface area contributed by atoms with E-state index in [0.29, 0.717) is 16.8 Å². The molecule has 0 saturated heterocycles. The van der Waals surface area contributed by atoms with Crippen LogP contribution in [0.15, 0.2) is 18.5 Å². The summed E-state index contributed by atoms with van der Waals surface area (Å²) in [5.41, 5.74) is 1.93. The van der Waals surface area contributed by atoms with E-state index >= 15 is 0 Å². The summed E-state index contributed by atoms with van der Waals surface area (Å²) in [6.07, 6.45) is 5.38. The molecule has 0 amide bonds. The van der Waals surface area contributed by atoms with Crippen LogP contribution in [0.25, 0.3) is 11.6 Å². The van der Waals surface area contributed by atoms with Gasteiger partial charge in [-0.15, -0.1) is 0 Å². The molecule has 0 aliphatic heterocycles. The van der Waals surface area contributed by atoms with Crippen molar-refractivity contribution in [3.8, 4) is 11.6 Å². The van der Waals surface area contributed by atoms with E-state index in [1.165, 1.54) is 0 Å². The first-order chi connectivity index (χ1) is 8.19. The van der Waals surface area contributed by atoms with Crippen LogP contribution in [0, 0.1) is 6.92 Å². The van der Waals surface area contributed by atoms with Crippen molar-refractivity contribution >= 4 is 11.6 Å². The second kappa shape index (κ2) is 5.19. The predicted molar refractivity (Wildman–Crippen MR) is 66.8 cm³/mol. The lowest BCUT2D eigenvalue weighted by atomic mass is 10.2. The van der Waals surface area contributed by atoms with Gasteiger partial charge in [0.2, 0.25) is 0 Å². The highest BCUT2D eigenvalue weighted by atomic mass is 35.5. The minimum atomic E-state index is 0.433. The van der Waals surface area contributed by atoms with Gasteiger partial charge >= 0.3 is 0 Å². The van der Waals surface area contributed by atoms with Crippen LogP contribution in [0.4, 0.5) is 0 Å². The molecule has 2 heterocycles. The number of halogens is 1. The summed E-state index contributed by atoms with van der Waals surface area (Å²) in [5.74, 6) is 0.997. The van der Waals surface area contributed by atoms with E-state index < -0.39 is 0 Å². The van der Waals surface area contributed by atoms with E-state index in [1.807, 2.05) is 6.92 Å². The zero-order valence-electron chi connectivity index (χ0n) is 9.81. The monoisotopic (exact) mass is 248 g/mol. The maximum atomic E-state index is 5.96. The smallest absolute Gasteiger partial charge is 0.199 e. The zero-order valence-corrected chi connectivity index (χ0v) is 10.6. The Morgan fingerprint density at radius 3 is 2.47 bits per heavy atom. The highest BCUT2D eigenvalue weighted by Gasteiger charge is 2.07. The van der Waals surface area contributed by atoms with Crippen LogP contribution in [-0.4, -0.2) is 19.9 Å². The van der Waals surface area contributed by atoms with E-state index in [9.17, 15) is 0 Å². The quantitative estimate of drug-likeness (QED) is 0.784. The van der Waals surface area contributed by atoms with E-state index in [-0.39, 0.29) is 0 Å². The van der Waals surface area contributed by atoms with Crippen LogP contribution >= 0.6 is 11.6 Å². The standard InChI is InChI=1S/C12H13ClN4/c1-3-4-9-5-10(13)17-12(16-9)11-14-6-8(2)7-15-11/h5-7H,3-4H2,1-2H3. The molecule has 5 heteroatoms. The molecule has 17 heavy (non-hydrogen) atoms. The Bertz CT molecular complexity index is 510. The Kier molecular flexibility index (Phi) is 3.64. The van der Waals surface area contributed by atoms with Crippen LogP contribution in [0.5, 0.6) is 0 Å². The minimum absolute atomic E-state index is 0.433. The molecular weight excluding hydrogens is 236 g/mol. The Labute approximate surface area is 105 Å². The molecule has 0 aromatic carbocycles. The van der Waals surface area contributed by atoms with Gasteiger partial charge in [-0.05, 0) is 25.0 Å². The molecule has 2 rings (SSSR count). The summed E-state index contributed by atoms with van der Waals surface area (Å²) in [6, 6.07) is 1.78. The number of rotatable bonds is 3. The first kappa shape index (κ1) is 11.9. The Morgan fingerprint density at radius 1 is 1.12 bits per heavy atom. The summed E-state index contributed by atoms with van der Waals surface area (Å²) < 4.78 is 0. The number of hydrogen-bond donors (Lipinski definition) is 0. The summed E-state index contributed by atoms with van der Waals surface area (Å²) in [4.78, 5) is 16.9. The van der Waals surface area contributed by atoms with E-state index in [1.54, 1.807) is 18.5 Å². The third-order valence-corrected chi connectivity index (χ3v) is 2.43. The van der Waals surface area contributed by atoms with Crippen molar-refractivity contribution in [2.75, 3.05) is 0 Å². The van der Waals surface area contributed by atoms with Gasteiger partial charge < -0.3 is 0 Å². The van der Waals surface area contributed by atoms with Crippen molar-refractivity contribution < 1.29 is 0 Å². The maximum absolute atomic E-state index is 5.96. The molecule has 88 valence electrons. The van der Waals surface area contributed by atoms with Gasteiger partial charge in [0.15, 0.2) is 11.6 Å². The summed E-state index contributed by atoms with van der Waals surface area (Å²) in [5, 5.41) is 0.433. The molecule has 0 atom stereocenters. The molecule has 0 spiro atoms. The van der Waals surface area contributed by atoms with Crippen molar-refractivity contribution in [1.29, 1.82) is 0 Å². The largest absolute Gasteiger partial charge is 0.234 e. The number of aryl methyl sites for hydroxylation is 2. The van der Waals surface area contributed by atoms with Crippen LogP contribution < -0.4 is 0 Å². The molecule has 0 unspecified atom stereocenters. The second-order valence-corrected chi connectivity index (χ2v) is 4.23. The van der Waals surface area contributed by atoms with Crippen molar-refractivity contribution in [2.45, 2.75) is 26.7 Å². The molecule has 2 aromatic heterocycles. The van der Waals surface area contributed by atoms with Crippen LogP contribution in [0.2, 0.25) is 5.15 Å². The Balaban J connectivity index is 2.40. The molecule has 0 radical (unpaired) electrons. The van der Waals surface area contributed by atoms with Crippen LogP contribution in [0.1, 0.15) is 24.6 Å². The summed E-state index contributed by atoms with van der Waals surface area (Å²) >= 11 is 5.96. The maximum Gasteiger partial charge on any atom is 0.199 e. The molecule has 0 saturated carbocycles. The van der Waals surface area contributed by atoms with Gasteiger partial charge in [-0.2, -0.15) is 0 Å². The van der Waals surface area contributed by atoms with Gasteiger partial charge in [0.1, 0.15) is 5.15 Å². The van der Waals surface area contributed by atoms with Crippen LogP contribution in [0.3, 0.4) is 0 Å². The first-order valence-corrected chi connectivity index (χ1v) is 5.89. The van der Waals surface area contributed by atoms with Gasteiger partial charge in [-0.25, -0.2) is 19.9 Å². The van der Waals surface area contributed by atoms with Gasteiger partial charge in [0, 0.05) is 18.1 Å². The Morgan fingerprint density at radius 2 is 1.82 bits per heavy atom. The second-order valence-electron chi connectivity index (χ2n) is 3.84.